The number of pyridine rings is 1. The summed E-state index contributed by atoms with van der Waals surface area (Å²) in [5, 5.41) is 13.4. The minimum atomic E-state index is -4.46. The molecule has 0 saturated heterocycles. The lowest BCUT2D eigenvalue weighted by Gasteiger charge is -2.10. The number of anilines is 1. The van der Waals surface area contributed by atoms with E-state index in [1.54, 1.807) is 18.0 Å². The first-order chi connectivity index (χ1) is 16.4. The molecule has 0 aliphatic rings. The number of urea groups is 1. The highest BCUT2D eigenvalue weighted by Gasteiger charge is 2.30. The first-order valence-corrected chi connectivity index (χ1v) is 11.3. The van der Waals surface area contributed by atoms with Crippen LogP contribution in [0.1, 0.15) is 17.0 Å². The Kier molecular flexibility index (Phi) is 7.17. The molecule has 0 radical (unpaired) electrons. The molecule has 0 aliphatic heterocycles. The quantitative estimate of drug-likeness (QED) is 0.220. The van der Waals surface area contributed by atoms with Gasteiger partial charge in [0.15, 0.2) is 0 Å². The van der Waals surface area contributed by atoms with Gasteiger partial charge in [-0.1, -0.05) is 12.1 Å². The fraction of sp³-hybridized carbons (Fsp3) is 0.125. The third kappa shape index (κ3) is 6.16. The maximum Gasteiger partial charge on any atom is 0.416 e. The monoisotopic (exact) mass is 483 g/mol. The molecule has 2 aromatic carbocycles. The number of hydrogen-bond donors (Lipinski definition) is 3. The van der Waals surface area contributed by atoms with Crippen LogP contribution in [0.3, 0.4) is 0 Å². The number of halogens is 3. The Hall–Kier alpha value is -3.79. The van der Waals surface area contributed by atoms with Crippen molar-refractivity contribution in [2.24, 2.45) is 0 Å². The average molecular weight is 484 g/mol. The number of benzene rings is 2. The molecule has 0 unspecified atom stereocenters. The van der Waals surface area contributed by atoms with Crippen molar-refractivity contribution in [3.05, 3.63) is 83.8 Å². The van der Waals surface area contributed by atoms with Gasteiger partial charge in [-0.3, -0.25) is 10.1 Å². The second kappa shape index (κ2) is 10.4. The van der Waals surface area contributed by atoms with E-state index < -0.39 is 17.8 Å². The Morgan fingerprint density at radius 2 is 1.94 bits per heavy atom. The molecule has 10 heteroatoms. The van der Waals surface area contributed by atoms with Gasteiger partial charge in [-0.2, -0.15) is 18.3 Å². The fourth-order valence-electron chi connectivity index (χ4n) is 3.16. The smallest absolute Gasteiger partial charge is 0.337 e. The largest absolute Gasteiger partial charge is 0.416 e. The molecule has 34 heavy (non-hydrogen) atoms. The van der Waals surface area contributed by atoms with Crippen molar-refractivity contribution in [1.82, 2.24) is 20.5 Å². The number of H-pyrrole nitrogens is 1. The molecule has 0 aliphatic carbocycles. The van der Waals surface area contributed by atoms with Gasteiger partial charge in [0.1, 0.15) is 0 Å². The highest BCUT2D eigenvalue weighted by atomic mass is 32.2. The van der Waals surface area contributed by atoms with Crippen molar-refractivity contribution in [2.45, 2.75) is 11.1 Å². The first kappa shape index (κ1) is 23.4. The third-order valence-electron chi connectivity index (χ3n) is 4.77. The van der Waals surface area contributed by atoms with Gasteiger partial charge in [-0.25, -0.2) is 4.79 Å². The van der Waals surface area contributed by atoms with Gasteiger partial charge >= 0.3 is 12.2 Å². The third-order valence-corrected chi connectivity index (χ3v) is 5.76. The summed E-state index contributed by atoms with van der Waals surface area (Å²) in [6, 6.07) is 15.6. The molecular formula is C24H20F3N5OS. The number of nitrogens with zero attached hydrogens (tertiary/aromatic N) is 2. The lowest BCUT2D eigenvalue weighted by Crippen LogP contribution is -2.30. The van der Waals surface area contributed by atoms with Crippen LogP contribution in [0, 0.1) is 0 Å². The Labute approximate surface area is 197 Å². The van der Waals surface area contributed by atoms with Crippen molar-refractivity contribution < 1.29 is 18.0 Å². The Morgan fingerprint density at radius 3 is 2.74 bits per heavy atom. The van der Waals surface area contributed by atoms with Crippen LogP contribution in [0.4, 0.5) is 23.7 Å². The van der Waals surface area contributed by atoms with Crippen LogP contribution in [0.2, 0.25) is 0 Å². The zero-order valence-electron chi connectivity index (χ0n) is 17.8. The Bertz CT molecular complexity index is 1300. The Morgan fingerprint density at radius 1 is 1.06 bits per heavy atom. The second-order valence-electron chi connectivity index (χ2n) is 7.21. The number of nitrogens with one attached hydrogen (secondary N) is 3. The maximum atomic E-state index is 12.8. The fourth-order valence-corrected chi connectivity index (χ4v) is 3.96. The number of aromatic nitrogens is 3. The summed E-state index contributed by atoms with van der Waals surface area (Å²) in [5.74, 6) is 0.585. The van der Waals surface area contributed by atoms with Crippen molar-refractivity contribution in [3.63, 3.8) is 0 Å². The molecule has 2 amide bonds. The van der Waals surface area contributed by atoms with Gasteiger partial charge in [0.05, 0.1) is 22.5 Å². The SMILES string of the molecule is O=C(NCCSc1ccc2c(/C=C/c3ccccn3)n[nH]c2c1)Nc1cccc(C(F)(F)F)c1. The van der Waals surface area contributed by atoms with Gasteiger partial charge in [-0.15, -0.1) is 11.8 Å². The van der Waals surface area contributed by atoms with E-state index in [-0.39, 0.29) is 5.69 Å². The maximum absolute atomic E-state index is 12.8. The molecule has 0 fully saturated rings. The van der Waals surface area contributed by atoms with Crippen LogP contribution in [0.15, 0.2) is 71.8 Å². The molecule has 2 aromatic heterocycles. The van der Waals surface area contributed by atoms with Gasteiger partial charge in [0.2, 0.25) is 0 Å². The Balaban J connectivity index is 1.27. The van der Waals surface area contributed by atoms with E-state index in [1.807, 2.05) is 48.6 Å². The van der Waals surface area contributed by atoms with Crippen molar-refractivity contribution in [2.75, 3.05) is 17.6 Å². The first-order valence-electron chi connectivity index (χ1n) is 10.3. The molecule has 0 saturated carbocycles. The zero-order chi connectivity index (χ0) is 24.0. The second-order valence-corrected chi connectivity index (χ2v) is 8.38. The molecule has 174 valence electrons. The predicted molar refractivity (Wildman–Crippen MR) is 128 cm³/mol. The lowest BCUT2D eigenvalue weighted by molar-refractivity contribution is -0.137. The summed E-state index contributed by atoms with van der Waals surface area (Å²) < 4.78 is 38.3. The highest BCUT2D eigenvalue weighted by molar-refractivity contribution is 7.99. The van der Waals surface area contributed by atoms with E-state index in [9.17, 15) is 18.0 Å². The lowest BCUT2D eigenvalue weighted by atomic mass is 10.2. The predicted octanol–water partition coefficient (Wildman–Crippen LogP) is 6.06. The minimum absolute atomic E-state index is 0.0811. The summed E-state index contributed by atoms with van der Waals surface area (Å²) >= 11 is 1.54. The molecular weight excluding hydrogens is 463 g/mol. The number of thioether (sulfide) groups is 1. The zero-order valence-corrected chi connectivity index (χ0v) is 18.6. The average Bonchev–Trinajstić information content (AvgIpc) is 3.23. The summed E-state index contributed by atoms with van der Waals surface area (Å²) in [7, 11) is 0. The number of alkyl halides is 3. The summed E-state index contributed by atoms with van der Waals surface area (Å²) in [5.41, 5.74) is 1.81. The number of amides is 2. The summed E-state index contributed by atoms with van der Waals surface area (Å²) in [6.07, 6.45) is 1.07. The van der Waals surface area contributed by atoms with Crippen LogP contribution < -0.4 is 10.6 Å². The molecule has 0 spiro atoms. The number of hydrogen-bond acceptors (Lipinski definition) is 4. The highest BCUT2D eigenvalue weighted by Crippen LogP contribution is 2.30. The van der Waals surface area contributed by atoms with E-state index in [0.29, 0.717) is 12.3 Å². The topological polar surface area (TPSA) is 82.7 Å². The molecule has 3 N–H and O–H groups in total. The van der Waals surface area contributed by atoms with Crippen LogP contribution in [0.5, 0.6) is 0 Å². The number of fused-ring (bicyclic) bond motifs is 1. The van der Waals surface area contributed by atoms with Crippen LogP contribution in [-0.2, 0) is 6.18 Å². The van der Waals surface area contributed by atoms with Crippen molar-refractivity contribution in [3.8, 4) is 0 Å². The molecule has 0 bridgehead atoms. The van der Waals surface area contributed by atoms with E-state index in [0.717, 1.165) is 39.3 Å². The summed E-state index contributed by atoms with van der Waals surface area (Å²) in [4.78, 5) is 17.2. The van der Waals surface area contributed by atoms with Crippen molar-refractivity contribution >= 4 is 46.5 Å². The van der Waals surface area contributed by atoms with Crippen LogP contribution in [0.25, 0.3) is 23.1 Å². The van der Waals surface area contributed by atoms with Crippen LogP contribution >= 0.6 is 11.8 Å². The van der Waals surface area contributed by atoms with Gasteiger partial charge in [0, 0.05) is 34.5 Å². The van der Waals surface area contributed by atoms with Crippen LogP contribution in [-0.4, -0.2) is 33.5 Å². The van der Waals surface area contributed by atoms with Gasteiger partial charge in [-0.05, 0) is 60.7 Å². The number of carbonyl (C=O) groups excluding carboxylic acids is 1. The number of aromatic amines is 1. The molecule has 4 rings (SSSR count). The van der Waals surface area contributed by atoms with E-state index in [2.05, 4.69) is 25.8 Å². The van der Waals surface area contributed by atoms with Gasteiger partial charge in [0.25, 0.3) is 0 Å². The minimum Gasteiger partial charge on any atom is -0.337 e. The molecule has 6 nitrogen and oxygen atoms in total. The number of carbonyl (C=O) groups is 1. The molecule has 0 atom stereocenters. The van der Waals surface area contributed by atoms with Crippen molar-refractivity contribution in [1.29, 1.82) is 0 Å². The van der Waals surface area contributed by atoms with E-state index in [1.165, 1.54) is 12.1 Å². The van der Waals surface area contributed by atoms with E-state index in [4.69, 9.17) is 0 Å². The van der Waals surface area contributed by atoms with E-state index >= 15 is 0 Å². The van der Waals surface area contributed by atoms with Gasteiger partial charge < -0.3 is 10.6 Å². The normalized spacial score (nSPS) is 11.7. The standard InChI is InChI=1S/C24H20F3N5OS/c25-24(26,27)16-4-3-6-18(14-16)30-23(33)29-12-13-34-19-8-9-20-21(31-32-22(20)15-19)10-7-17-5-1-2-11-28-17/h1-11,14-15H,12-13H2,(H,31,32)(H2,29,30,33)/b10-7+. The summed E-state index contributed by atoms with van der Waals surface area (Å²) in [6.45, 7) is 0.342. The molecule has 2 heterocycles. The number of rotatable bonds is 7. The molecule has 4 aromatic rings.